The van der Waals surface area contributed by atoms with E-state index in [2.05, 4.69) is 52.2 Å². The molecule has 0 aliphatic carbocycles. The van der Waals surface area contributed by atoms with E-state index in [1.54, 1.807) is 11.3 Å². The quantitative estimate of drug-likeness (QED) is 0.865. The summed E-state index contributed by atoms with van der Waals surface area (Å²) in [5, 5.41) is 4.66. The lowest BCUT2D eigenvalue weighted by molar-refractivity contribution is 0.502. The molecule has 1 aromatic rings. The maximum Gasteiger partial charge on any atom is 0.156 e. The highest BCUT2D eigenvalue weighted by Crippen LogP contribution is 2.23. The molecule has 100 valence electrons. The number of aliphatic imine (C=N–C) groups is 1. The molecule has 0 bridgehead atoms. The summed E-state index contributed by atoms with van der Waals surface area (Å²) in [6.07, 6.45) is 2.28. The number of nitrogens with one attached hydrogen (secondary N) is 1. The van der Waals surface area contributed by atoms with E-state index in [-0.39, 0.29) is 0 Å². The van der Waals surface area contributed by atoms with Gasteiger partial charge < -0.3 is 5.32 Å². The minimum absolute atomic E-state index is 0.615. The van der Waals surface area contributed by atoms with E-state index in [0.29, 0.717) is 6.04 Å². The third kappa shape index (κ3) is 4.59. The smallest absolute Gasteiger partial charge is 0.156 e. The molecule has 2 rings (SSSR count). The van der Waals surface area contributed by atoms with Crippen molar-refractivity contribution in [2.24, 2.45) is 10.9 Å². The van der Waals surface area contributed by atoms with Crippen LogP contribution in [0.25, 0.3) is 0 Å². The van der Waals surface area contributed by atoms with Crippen LogP contribution in [0, 0.1) is 5.92 Å². The van der Waals surface area contributed by atoms with Crippen molar-refractivity contribution in [3.8, 4) is 0 Å². The highest BCUT2D eigenvalue weighted by atomic mass is 79.9. The fourth-order valence-corrected chi connectivity index (χ4v) is 4.46. The van der Waals surface area contributed by atoms with Crippen LogP contribution in [0.1, 0.15) is 25.1 Å². The lowest BCUT2D eigenvalue weighted by atomic mass is 10.1. The molecule has 0 radical (unpaired) electrons. The molecular formula is C13H19BrN2S2. The molecule has 1 aliphatic rings. The van der Waals surface area contributed by atoms with Gasteiger partial charge in [0, 0.05) is 29.6 Å². The number of nitrogens with zero attached hydrogens (tertiary/aromatic N) is 1. The van der Waals surface area contributed by atoms with Crippen LogP contribution in [0.2, 0.25) is 0 Å². The van der Waals surface area contributed by atoms with Crippen LogP contribution in [0.3, 0.4) is 0 Å². The first-order valence-electron chi connectivity index (χ1n) is 6.31. The molecule has 0 aromatic carbocycles. The number of thiophene rings is 1. The van der Waals surface area contributed by atoms with Crippen LogP contribution in [-0.2, 0) is 6.42 Å². The normalized spacial score (nSPS) is 21.8. The van der Waals surface area contributed by atoms with Crippen LogP contribution in [-0.4, -0.2) is 23.5 Å². The third-order valence-corrected chi connectivity index (χ3v) is 5.52. The molecule has 1 aliphatic heterocycles. The van der Waals surface area contributed by atoms with E-state index in [1.807, 2.05) is 11.8 Å². The Morgan fingerprint density at radius 3 is 3.00 bits per heavy atom. The summed E-state index contributed by atoms with van der Waals surface area (Å²) in [4.78, 5) is 6.04. The minimum atomic E-state index is 0.615. The maximum atomic E-state index is 4.65. The molecule has 18 heavy (non-hydrogen) atoms. The van der Waals surface area contributed by atoms with Gasteiger partial charge in [0.05, 0.1) is 3.79 Å². The average molecular weight is 347 g/mol. The molecule has 1 fully saturated rings. The van der Waals surface area contributed by atoms with E-state index in [1.165, 1.54) is 20.8 Å². The van der Waals surface area contributed by atoms with Crippen LogP contribution in [0.5, 0.6) is 0 Å². The van der Waals surface area contributed by atoms with Crippen molar-refractivity contribution in [1.82, 2.24) is 5.32 Å². The summed E-state index contributed by atoms with van der Waals surface area (Å²) in [5.74, 6) is 1.92. The molecule has 1 N–H and O–H groups in total. The summed E-state index contributed by atoms with van der Waals surface area (Å²) in [7, 11) is 0. The first kappa shape index (κ1) is 14.4. The molecule has 1 saturated heterocycles. The van der Waals surface area contributed by atoms with Gasteiger partial charge >= 0.3 is 0 Å². The Morgan fingerprint density at radius 1 is 1.50 bits per heavy atom. The van der Waals surface area contributed by atoms with Crippen molar-refractivity contribution in [2.75, 3.05) is 12.3 Å². The average Bonchev–Trinajstić information content (AvgIpc) is 2.88. The number of hydrogen-bond donors (Lipinski definition) is 1. The first-order chi connectivity index (χ1) is 8.63. The Balaban J connectivity index is 1.74. The number of thioether (sulfide) groups is 1. The van der Waals surface area contributed by atoms with Crippen molar-refractivity contribution >= 4 is 44.2 Å². The van der Waals surface area contributed by atoms with Gasteiger partial charge in [-0.15, -0.1) is 11.3 Å². The van der Waals surface area contributed by atoms with Crippen molar-refractivity contribution in [3.05, 3.63) is 20.8 Å². The Kier molecular flexibility index (Phi) is 5.57. The Hall–Kier alpha value is -0.0000000000000000278. The molecule has 2 nitrogen and oxygen atoms in total. The van der Waals surface area contributed by atoms with Gasteiger partial charge in [0.25, 0.3) is 0 Å². The molecule has 1 aromatic heterocycles. The summed E-state index contributed by atoms with van der Waals surface area (Å²) >= 11 is 7.15. The second-order valence-corrected chi connectivity index (χ2v) is 8.48. The fourth-order valence-electron chi connectivity index (χ4n) is 1.98. The SMILES string of the molecule is CC(C)CC1CSC(=NCCc2ccc(Br)s2)N1. The molecule has 0 spiro atoms. The van der Waals surface area contributed by atoms with Gasteiger partial charge in [-0.1, -0.05) is 25.6 Å². The summed E-state index contributed by atoms with van der Waals surface area (Å²) in [6, 6.07) is 4.89. The second kappa shape index (κ2) is 6.96. The van der Waals surface area contributed by atoms with Gasteiger partial charge in [0.2, 0.25) is 0 Å². The van der Waals surface area contributed by atoms with Crippen LogP contribution < -0.4 is 5.32 Å². The maximum absolute atomic E-state index is 4.65. The predicted molar refractivity (Wildman–Crippen MR) is 86.9 cm³/mol. The summed E-state index contributed by atoms with van der Waals surface area (Å²) in [5.41, 5.74) is 0. The van der Waals surface area contributed by atoms with Gasteiger partial charge in [-0.05, 0) is 40.4 Å². The van der Waals surface area contributed by atoms with Gasteiger partial charge in [0.15, 0.2) is 5.17 Å². The topological polar surface area (TPSA) is 24.4 Å². The van der Waals surface area contributed by atoms with Gasteiger partial charge in [-0.25, -0.2) is 0 Å². The zero-order valence-corrected chi connectivity index (χ0v) is 14.0. The molecule has 0 saturated carbocycles. The van der Waals surface area contributed by atoms with Crippen LogP contribution >= 0.6 is 39.0 Å². The Labute approximate surface area is 126 Å². The molecule has 0 amide bonds. The minimum Gasteiger partial charge on any atom is -0.361 e. The zero-order chi connectivity index (χ0) is 13.0. The van der Waals surface area contributed by atoms with Crippen LogP contribution in [0.4, 0.5) is 0 Å². The van der Waals surface area contributed by atoms with Crippen molar-refractivity contribution < 1.29 is 0 Å². The van der Waals surface area contributed by atoms with Crippen molar-refractivity contribution in [2.45, 2.75) is 32.7 Å². The fraction of sp³-hybridized carbons (Fsp3) is 0.615. The monoisotopic (exact) mass is 346 g/mol. The molecule has 1 atom stereocenters. The van der Waals surface area contributed by atoms with E-state index in [0.717, 1.165) is 24.1 Å². The molecule has 1 unspecified atom stereocenters. The molecule has 2 heterocycles. The predicted octanol–water partition coefficient (Wildman–Crippen LogP) is 4.16. The van der Waals surface area contributed by atoms with Gasteiger partial charge in [0.1, 0.15) is 0 Å². The Bertz CT molecular complexity index is 415. The highest BCUT2D eigenvalue weighted by Gasteiger charge is 2.20. The van der Waals surface area contributed by atoms with Crippen molar-refractivity contribution in [3.63, 3.8) is 0 Å². The molecule has 5 heteroatoms. The number of rotatable bonds is 5. The first-order valence-corrected chi connectivity index (χ1v) is 8.91. The highest BCUT2D eigenvalue weighted by molar-refractivity contribution is 9.11. The number of amidine groups is 1. The largest absolute Gasteiger partial charge is 0.361 e. The van der Waals surface area contributed by atoms with E-state index in [4.69, 9.17) is 0 Å². The van der Waals surface area contributed by atoms with Crippen molar-refractivity contribution in [1.29, 1.82) is 0 Å². The second-order valence-electron chi connectivity index (χ2n) is 4.92. The van der Waals surface area contributed by atoms with Crippen LogP contribution in [0.15, 0.2) is 20.9 Å². The number of hydrogen-bond acceptors (Lipinski definition) is 3. The van der Waals surface area contributed by atoms with Gasteiger partial charge in [-0.3, -0.25) is 4.99 Å². The lowest BCUT2D eigenvalue weighted by Gasteiger charge is -2.11. The van der Waals surface area contributed by atoms with Gasteiger partial charge in [-0.2, -0.15) is 0 Å². The van der Waals surface area contributed by atoms with E-state index >= 15 is 0 Å². The lowest BCUT2D eigenvalue weighted by Crippen LogP contribution is -2.28. The zero-order valence-electron chi connectivity index (χ0n) is 10.8. The third-order valence-electron chi connectivity index (χ3n) is 2.75. The van der Waals surface area contributed by atoms with E-state index < -0.39 is 0 Å². The Morgan fingerprint density at radius 2 is 2.33 bits per heavy atom. The standard InChI is InChI=1S/C13H19BrN2S2/c1-9(2)7-10-8-17-13(16-10)15-6-5-11-3-4-12(14)18-11/h3-4,9-10H,5-8H2,1-2H3,(H,15,16). The summed E-state index contributed by atoms with van der Waals surface area (Å²) < 4.78 is 1.20. The number of halogens is 1. The van der Waals surface area contributed by atoms with E-state index in [9.17, 15) is 0 Å². The molecular weight excluding hydrogens is 328 g/mol. The summed E-state index contributed by atoms with van der Waals surface area (Å²) in [6.45, 7) is 5.43.